The maximum atomic E-state index is 12.4. The van der Waals surface area contributed by atoms with E-state index in [9.17, 15) is 9.90 Å². The van der Waals surface area contributed by atoms with E-state index in [1.54, 1.807) is 23.1 Å². The van der Waals surface area contributed by atoms with Crippen molar-refractivity contribution in [3.05, 3.63) is 46.2 Å². The zero-order chi connectivity index (χ0) is 13.1. The predicted molar refractivity (Wildman–Crippen MR) is 74.5 cm³/mol. The zero-order valence-electron chi connectivity index (χ0n) is 10.4. The molecule has 1 aromatic carbocycles. The Bertz CT molecular complexity index is 562. The number of carbonyl (C=O) groups is 1. The number of aryl methyl sites for hydroxylation is 1. The molecule has 4 heteroatoms. The molecule has 1 amide bonds. The average molecular weight is 261 g/mol. The minimum absolute atomic E-state index is 0.0261. The highest BCUT2D eigenvalue weighted by molar-refractivity contribution is 7.08. The van der Waals surface area contributed by atoms with Crippen LogP contribution in [-0.2, 0) is 0 Å². The van der Waals surface area contributed by atoms with Gasteiger partial charge in [-0.05, 0) is 36.9 Å². The van der Waals surface area contributed by atoms with E-state index in [1.807, 2.05) is 30.7 Å². The quantitative estimate of drug-likeness (QED) is 0.919. The van der Waals surface area contributed by atoms with Gasteiger partial charge in [-0.25, -0.2) is 0 Å². The van der Waals surface area contributed by atoms with Gasteiger partial charge in [-0.3, -0.25) is 4.79 Å². The van der Waals surface area contributed by atoms with Crippen LogP contribution in [0.5, 0.6) is 5.75 Å². The van der Waals surface area contributed by atoms with Crippen LogP contribution in [0.15, 0.2) is 35.0 Å². The smallest absolute Gasteiger partial charge is 0.259 e. The fraction of sp³-hybridized carbons (Fsp3) is 0.214. The molecular formula is C14H15NO2S. The van der Waals surface area contributed by atoms with Gasteiger partial charge in [0.1, 0.15) is 5.75 Å². The fourth-order valence-electron chi connectivity index (χ4n) is 1.83. The number of thiophene rings is 1. The van der Waals surface area contributed by atoms with Crippen molar-refractivity contribution in [3.63, 3.8) is 0 Å². The maximum Gasteiger partial charge on any atom is 0.259 e. The molecule has 94 valence electrons. The Morgan fingerprint density at radius 3 is 2.72 bits per heavy atom. The molecule has 18 heavy (non-hydrogen) atoms. The van der Waals surface area contributed by atoms with Gasteiger partial charge in [0.2, 0.25) is 0 Å². The van der Waals surface area contributed by atoms with Crippen molar-refractivity contribution >= 4 is 22.9 Å². The predicted octanol–water partition coefficient (Wildman–Crippen LogP) is 3.43. The Balaban J connectivity index is 2.35. The second kappa shape index (κ2) is 5.23. The molecule has 0 saturated carbocycles. The van der Waals surface area contributed by atoms with Crippen LogP contribution in [0.25, 0.3) is 0 Å². The highest BCUT2D eigenvalue weighted by Crippen LogP contribution is 2.23. The minimum atomic E-state index is -0.0261. The third-order valence-corrected chi connectivity index (χ3v) is 3.65. The molecule has 0 spiro atoms. The van der Waals surface area contributed by atoms with E-state index in [0.29, 0.717) is 12.2 Å². The lowest BCUT2D eigenvalue weighted by atomic mass is 10.1. The van der Waals surface area contributed by atoms with Crippen molar-refractivity contribution in [1.29, 1.82) is 0 Å². The van der Waals surface area contributed by atoms with Crippen LogP contribution in [0.1, 0.15) is 22.8 Å². The lowest BCUT2D eigenvalue weighted by Crippen LogP contribution is -2.30. The van der Waals surface area contributed by atoms with Crippen LogP contribution in [0.3, 0.4) is 0 Å². The number of anilines is 1. The molecule has 0 unspecified atom stereocenters. The molecule has 0 fully saturated rings. The van der Waals surface area contributed by atoms with E-state index in [0.717, 1.165) is 11.1 Å². The molecule has 0 aliphatic heterocycles. The van der Waals surface area contributed by atoms with Gasteiger partial charge in [0, 0.05) is 23.7 Å². The Labute approximate surface area is 110 Å². The number of rotatable bonds is 3. The Morgan fingerprint density at radius 1 is 1.39 bits per heavy atom. The third-order valence-electron chi connectivity index (χ3n) is 2.79. The largest absolute Gasteiger partial charge is 0.508 e. The third kappa shape index (κ3) is 2.38. The summed E-state index contributed by atoms with van der Waals surface area (Å²) in [6.07, 6.45) is 0. The summed E-state index contributed by atoms with van der Waals surface area (Å²) >= 11 is 1.52. The van der Waals surface area contributed by atoms with E-state index in [2.05, 4.69) is 0 Å². The van der Waals surface area contributed by atoms with Gasteiger partial charge in [-0.2, -0.15) is 11.3 Å². The number of benzene rings is 1. The van der Waals surface area contributed by atoms with Crippen LogP contribution in [0.2, 0.25) is 0 Å². The molecule has 2 rings (SSSR count). The number of hydrogen-bond acceptors (Lipinski definition) is 3. The van der Waals surface area contributed by atoms with Crippen LogP contribution >= 0.6 is 11.3 Å². The van der Waals surface area contributed by atoms with Gasteiger partial charge < -0.3 is 10.0 Å². The van der Waals surface area contributed by atoms with Crippen LogP contribution in [0, 0.1) is 6.92 Å². The van der Waals surface area contributed by atoms with Crippen molar-refractivity contribution in [1.82, 2.24) is 0 Å². The molecule has 0 radical (unpaired) electrons. The van der Waals surface area contributed by atoms with E-state index < -0.39 is 0 Å². The summed E-state index contributed by atoms with van der Waals surface area (Å²) in [6, 6.07) is 6.75. The fourth-order valence-corrected chi connectivity index (χ4v) is 2.65. The second-order valence-corrected chi connectivity index (χ2v) is 4.78. The van der Waals surface area contributed by atoms with E-state index >= 15 is 0 Å². The molecule has 0 saturated heterocycles. The van der Waals surface area contributed by atoms with Gasteiger partial charge in [-0.1, -0.05) is 6.07 Å². The molecule has 0 bridgehead atoms. The van der Waals surface area contributed by atoms with Crippen LogP contribution in [-0.4, -0.2) is 17.6 Å². The standard InChI is InChI=1S/C14H15NO2S/c1-3-15(11-5-4-6-12(16)7-11)14(17)13-9-18-8-10(13)2/h4-9,16H,3H2,1-2H3. The first-order valence-electron chi connectivity index (χ1n) is 5.77. The first-order valence-corrected chi connectivity index (χ1v) is 6.71. The van der Waals surface area contributed by atoms with Crippen molar-refractivity contribution in [3.8, 4) is 5.75 Å². The molecule has 0 aliphatic carbocycles. The van der Waals surface area contributed by atoms with Crippen molar-refractivity contribution < 1.29 is 9.90 Å². The van der Waals surface area contributed by atoms with Gasteiger partial charge >= 0.3 is 0 Å². The maximum absolute atomic E-state index is 12.4. The summed E-state index contributed by atoms with van der Waals surface area (Å²) in [5.41, 5.74) is 2.43. The topological polar surface area (TPSA) is 40.5 Å². The normalized spacial score (nSPS) is 10.3. The first-order chi connectivity index (χ1) is 8.63. The number of aromatic hydroxyl groups is 1. The number of hydrogen-bond donors (Lipinski definition) is 1. The number of amides is 1. The van der Waals surface area contributed by atoms with Crippen molar-refractivity contribution in [2.75, 3.05) is 11.4 Å². The van der Waals surface area contributed by atoms with Crippen molar-refractivity contribution in [2.24, 2.45) is 0 Å². The van der Waals surface area contributed by atoms with Crippen molar-refractivity contribution in [2.45, 2.75) is 13.8 Å². The molecule has 2 aromatic rings. The Kier molecular flexibility index (Phi) is 3.67. The highest BCUT2D eigenvalue weighted by atomic mass is 32.1. The molecule has 3 nitrogen and oxygen atoms in total. The lowest BCUT2D eigenvalue weighted by Gasteiger charge is -2.21. The zero-order valence-corrected chi connectivity index (χ0v) is 11.2. The molecular weight excluding hydrogens is 246 g/mol. The van der Waals surface area contributed by atoms with Gasteiger partial charge in [-0.15, -0.1) is 0 Å². The molecule has 1 N–H and O–H groups in total. The van der Waals surface area contributed by atoms with Crippen LogP contribution < -0.4 is 4.90 Å². The summed E-state index contributed by atoms with van der Waals surface area (Å²) in [5.74, 6) is 0.141. The van der Waals surface area contributed by atoms with E-state index in [-0.39, 0.29) is 11.7 Å². The van der Waals surface area contributed by atoms with E-state index in [1.165, 1.54) is 11.3 Å². The number of nitrogens with zero attached hydrogens (tertiary/aromatic N) is 1. The minimum Gasteiger partial charge on any atom is -0.508 e. The monoisotopic (exact) mass is 261 g/mol. The highest BCUT2D eigenvalue weighted by Gasteiger charge is 2.18. The second-order valence-electron chi connectivity index (χ2n) is 4.04. The van der Waals surface area contributed by atoms with Crippen LogP contribution in [0.4, 0.5) is 5.69 Å². The van der Waals surface area contributed by atoms with Gasteiger partial charge in [0.05, 0.1) is 5.56 Å². The average Bonchev–Trinajstić information content (AvgIpc) is 2.76. The molecule has 0 atom stereocenters. The summed E-state index contributed by atoms with van der Waals surface area (Å²) in [4.78, 5) is 14.1. The molecule has 1 aromatic heterocycles. The molecule has 1 heterocycles. The Morgan fingerprint density at radius 2 is 2.17 bits per heavy atom. The number of phenolic OH excluding ortho intramolecular Hbond substituents is 1. The first kappa shape index (κ1) is 12.6. The van der Waals surface area contributed by atoms with Gasteiger partial charge in [0.15, 0.2) is 0 Å². The van der Waals surface area contributed by atoms with E-state index in [4.69, 9.17) is 0 Å². The summed E-state index contributed by atoms with van der Waals surface area (Å²) in [6.45, 7) is 4.42. The number of phenols is 1. The SMILES string of the molecule is CCN(C(=O)c1cscc1C)c1cccc(O)c1. The summed E-state index contributed by atoms with van der Waals surface area (Å²) < 4.78 is 0. The Hall–Kier alpha value is -1.81. The van der Waals surface area contributed by atoms with Gasteiger partial charge in [0.25, 0.3) is 5.91 Å². The summed E-state index contributed by atoms with van der Waals surface area (Å²) in [5, 5.41) is 13.3. The number of carbonyl (C=O) groups excluding carboxylic acids is 1. The lowest BCUT2D eigenvalue weighted by molar-refractivity contribution is 0.0988. The molecule has 0 aliphatic rings. The summed E-state index contributed by atoms with van der Waals surface area (Å²) in [7, 11) is 0.